The monoisotopic (exact) mass is 285 g/mol. The van der Waals surface area contributed by atoms with Gasteiger partial charge in [-0.2, -0.15) is 5.10 Å². The maximum atomic E-state index is 12.3. The molecule has 2 bridgehead atoms. The minimum Gasteiger partial charge on any atom is -0.394 e. The molecule has 19 heavy (non-hydrogen) atoms. The zero-order chi connectivity index (χ0) is 13.5. The Bertz CT molecular complexity index is 554. The predicted octanol–water partition coefficient (Wildman–Crippen LogP) is 0.342. The molecule has 0 saturated heterocycles. The summed E-state index contributed by atoms with van der Waals surface area (Å²) in [7, 11) is -3.48. The van der Waals surface area contributed by atoms with E-state index in [4.69, 9.17) is 5.11 Å². The van der Waals surface area contributed by atoms with E-state index in [0.717, 1.165) is 19.3 Å². The highest BCUT2D eigenvalue weighted by Crippen LogP contribution is 2.44. The highest BCUT2D eigenvalue weighted by Gasteiger charge is 2.41. The molecule has 2 N–H and O–H groups in total. The van der Waals surface area contributed by atoms with Crippen LogP contribution in [0.4, 0.5) is 0 Å². The number of sulfonamides is 1. The average Bonchev–Trinajstić information content (AvgIpc) is 3.03. The lowest BCUT2D eigenvalue weighted by Gasteiger charge is -2.22. The summed E-state index contributed by atoms with van der Waals surface area (Å²) in [4.78, 5) is 0.184. The van der Waals surface area contributed by atoms with Gasteiger partial charge in [0.15, 0.2) is 0 Å². The molecular formula is C12H19N3O3S. The Morgan fingerprint density at radius 2 is 2.26 bits per heavy atom. The van der Waals surface area contributed by atoms with E-state index < -0.39 is 10.0 Å². The van der Waals surface area contributed by atoms with Crippen molar-refractivity contribution in [2.24, 2.45) is 11.8 Å². The van der Waals surface area contributed by atoms with Crippen LogP contribution >= 0.6 is 0 Å². The molecule has 3 atom stereocenters. The molecule has 106 valence electrons. The Morgan fingerprint density at radius 3 is 2.89 bits per heavy atom. The van der Waals surface area contributed by atoms with Crippen LogP contribution in [0.25, 0.3) is 0 Å². The molecule has 0 radical (unpaired) electrons. The molecule has 2 aliphatic rings. The van der Waals surface area contributed by atoms with Gasteiger partial charge >= 0.3 is 0 Å². The van der Waals surface area contributed by atoms with Gasteiger partial charge in [-0.1, -0.05) is 6.42 Å². The van der Waals surface area contributed by atoms with E-state index >= 15 is 0 Å². The summed E-state index contributed by atoms with van der Waals surface area (Å²) in [5, 5.41) is 12.7. The molecule has 0 amide bonds. The van der Waals surface area contributed by atoms with Crippen molar-refractivity contribution in [1.82, 2.24) is 14.5 Å². The number of fused-ring (bicyclic) bond motifs is 2. The van der Waals surface area contributed by atoms with Gasteiger partial charge in [-0.3, -0.25) is 4.68 Å². The highest BCUT2D eigenvalue weighted by atomic mass is 32.2. The zero-order valence-electron chi connectivity index (χ0n) is 10.7. The van der Waals surface area contributed by atoms with E-state index in [-0.39, 0.29) is 17.5 Å². The summed E-state index contributed by atoms with van der Waals surface area (Å²) in [5.41, 5.74) is 0. The van der Waals surface area contributed by atoms with Gasteiger partial charge in [-0.25, -0.2) is 13.1 Å². The first-order chi connectivity index (χ1) is 9.08. The van der Waals surface area contributed by atoms with Crippen LogP contribution in [0, 0.1) is 11.8 Å². The molecule has 0 aliphatic heterocycles. The molecule has 1 heterocycles. The van der Waals surface area contributed by atoms with Crippen LogP contribution in [0.5, 0.6) is 0 Å². The second kappa shape index (κ2) is 4.88. The molecule has 3 rings (SSSR count). The molecule has 7 heteroatoms. The first kappa shape index (κ1) is 13.1. The van der Waals surface area contributed by atoms with E-state index in [1.165, 1.54) is 23.5 Å². The minimum absolute atomic E-state index is 0.0546. The van der Waals surface area contributed by atoms with Gasteiger partial charge in [-0.05, 0) is 31.1 Å². The van der Waals surface area contributed by atoms with Gasteiger partial charge in [0.05, 0.1) is 19.3 Å². The maximum absolute atomic E-state index is 12.3. The van der Waals surface area contributed by atoms with Crippen molar-refractivity contribution >= 4 is 10.0 Å². The first-order valence-electron chi connectivity index (χ1n) is 6.74. The van der Waals surface area contributed by atoms with E-state index in [2.05, 4.69) is 9.82 Å². The van der Waals surface area contributed by atoms with E-state index in [0.29, 0.717) is 18.4 Å². The standard InChI is InChI=1S/C12H19N3O3S/c16-4-3-15-8-11(7-13-15)19(17,18)14-12-6-9-1-2-10(12)5-9/h7-10,12,14,16H,1-6H2. The van der Waals surface area contributed by atoms with Crippen molar-refractivity contribution in [3.8, 4) is 0 Å². The number of nitrogens with zero attached hydrogens (tertiary/aromatic N) is 2. The number of nitrogens with one attached hydrogen (secondary N) is 1. The van der Waals surface area contributed by atoms with Crippen molar-refractivity contribution < 1.29 is 13.5 Å². The number of hydrogen-bond acceptors (Lipinski definition) is 4. The van der Waals surface area contributed by atoms with Crippen LogP contribution in [0.2, 0.25) is 0 Å². The summed E-state index contributed by atoms with van der Waals surface area (Å²) in [5.74, 6) is 1.21. The second-order valence-electron chi connectivity index (χ2n) is 5.57. The third kappa shape index (κ3) is 2.54. The fraction of sp³-hybridized carbons (Fsp3) is 0.750. The molecule has 0 aromatic carbocycles. The molecule has 3 unspecified atom stereocenters. The number of hydrogen-bond donors (Lipinski definition) is 2. The molecule has 2 saturated carbocycles. The molecule has 1 aromatic heterocycles. The molecule has 2 aliphatic carbocycles. The molecule has 6 nitrogen and oxygen atoms in total. The number of aromatic nitrogens is 2. The van der Waals surface area contributed by atoms with Gasteiger partial charge in [0, 0.05) is 12.2 Å². The van der Waals surface area contributed by atoms with E-state index in [9.17, 15) is 8.42 Å². The van der Waals surface area contributed by atoms with Gasteiger partial charge in [0.25, 0.3) is 0 Å². The van der Waals surface area contributed by atoms with Gasteiger partial charge < -0.3 is 5.11 Å². The molecule has 2 fully saturated rings. The topological polar surface area (TPSA) is 84.2 Å². The quantitative estimate of drug-likeness (QED) is 0.817. The fourth-order valence-electron chi connectivity index (χ4n) is 3.36. The minimum atomic E-state index is -3.48. The highest BCUT2D eigenvalue weighted by molar-refractivity contribution is 7.89. The summed E-state index contributed by atoms with van der Waals surface area (Å²) in [6.07, 6.45) is 7.32. The Balaban J connectivity index is 1.71. The smallest absolute Gasteiger partial charge is 0.243 e. The molecule has 1 aromatic rings. The SMILES string of the molecule is O=S(=O)(NC1CC2CCC1C2)c1cnn(CCO)c1. The summed E-state index contributed by atoms with van der Waals surface area (Å²) < 4.78 is 28.8. The lowest BCUT2D eigenvalue weighted by atomic mass is 9.96. The summed E-state index contributed by atoms with van der Waals surface area (Å²) in [6.45, 7) is 0.255. The molecule has 0 spiro atoms. The maximum Gasteiger partial charge on any atom is 0.243 e. The van der Waals surface area contributed by atoms with Crippen molar-refractivity contribution in [3.05, 3.63) is 12.4 Å². The van der Waals surface area contributed by atoms with Gasteiger partial charge in [-0.15, -0.1) is 0 Å². The normalized spacial score (nSPS) is 30.1. The summed E-state index contributed by atoms with van der Waals surface area (Å²) >= 11 is 0. The van der Waals surface area contributed by atoms with Gasteiger partial charge in [0.2, 0.25) is 10.0 Å². The van der Waals surface area contributed by atoms with Gasteiger partial charge in [0.1, 0.15) is 4.90 Å². The third-order valence-electron chi connectivity index (χ3n) is 4.29. The summed E-state index contributed by atoms with van der Waals surface area (Å²) in [6, 6.07) is 0.0879. The second-order valence-corrected chi connectivity index (χ2v) is 7.28. The number of rotatable bonds is 5. The largest absolute Gasteiger partial charge is 0.394 e. The third-order valence-corrected chi connectivity index (χ3v) is 5.74. The Hall–Kier alpha value is -0.920. The number of aliphatic hydroxyl groups excluding tert-OH is 1. The number of aliphatic hydroxyl groups is 1. The van der Waals surface area contributed by atoms with Crippen LogP contribution in [0.1, 0.15) is 25.7 Å². The van der Waals surface area contributed by atoms with Crippen LogP contribution in [-0.4, -0.2) is 36.0 Å². The predicted molar refractivity (Wildman–Crippen MR) is 68.9 cm³/mol. The fourth-order valence-corrected chi connectivity index (χ4v) is 4.63. The van der Waals surface area contributed by atoms with Crippen LogP contribution in [0.15, 0.2) is 17.3 Å². The lowest BCUT2D eigenvalue weighted by molar-refractivity contribution is 0.269. The molecular weight excluding hydrogens is 266 g/mol. The van der Waals surface area contributed by atoms with Crippen molar-refractivity contribution in [2.75, 3.05) is 6.61 Å². The zero-order valence-corrected chi connectivity index (χ0v) is 11.5. The first-order valence-corrected chi connectivity index (χ1v) is 8.22. The van der Waals surface area contributed by atoms with Crippen molar-refractivity contribution in [1.29, 1.82) is 0 Å². The Labute approximate surface area is 112 Å². The van der Waals surface area contributed by atoms with Crippen LogP contribution < -0.4 is 4.72 Å². The average molecular weight is 285 g/mol. The van der Waals surface area contributed by atoms with Crippen LogP contribution in [-0.2, 0) is 16.6 Å². The lowest BCUT2D eigenvalue weighted by Crippen LogP contribution is -2.38. The van der Waals surface area contributed by atoms with E-state index in [1.807, 2.05) is 0 Å². The van der Waals surface area contributed by atoms with E-state index in [1.54, 1.807) is 0 Å². The Kier molecular flexibility index (Phi) is 3.36. The van der Waals surface area contributed by atoms with Crippen LogP contribution in [0.3, 0.4) is 0 Å². The van der Waals surface area contributed by atoms with Crippen molar-refractivity contribution in [3.63, 3.8) is 0 Å². The Morgan fingerprint density at radius 1 is 1.42 bits per heavy atom. The van der Waals surface area contributed by atoms with Crippen molar-refractivity contribution in [2.45, 2.75) is 43.2 Å².